The number of likely N-dealkylation sites (N-methyl/N-ethyl adjacent to an activating group) is 2. The number of hydrogen-bond acceptors (Lipinski definition) is 4. The number of rotatable bonds is 5. The highest BCUT2D eigenvalue weighted by Crippen LogP contribution is 2.16. The number of hydrogen-bond donors (Lipinski definition) is 2. The number of anilines is 1. The van der Waals surface area contributed by atoms with E-state index in [0.717, 1.165) is 5.56 Å². The number of nitrogens with zero attached hydrogens (tertiary/aromatic N) is 2. The fourth-order valence-corrected chi connectivity index (χ4v) is 1.63. The molecule has 0 unspecified atom stereocenters. The van der Waals surface area contributed by atoms with Crippen molar-refractivity contribution in [3.05, 3.63) is 23.4 Å². The average molecular weight is 251 g/mol. The summed E-state index contributed by atoms with van der Waals surface area (Å²) in [4.78, 5) is 28.0. The van der Waals surface area contributed by atoms with Crippen LogP contribution in [0.3, 0.4) is 0 Å². The Labute approximate surface area is 106 Å². The summed E-state index contributed by atoms with van der Waals surface area (Å²) in [7, 11) is 1.74. The first-order valence-electron chi connectivity index (χ1n) is 5.63. The molecule has 0 spiro atoms. The van der Waals surface area contributed by atoms with Gasteiger partial charge in [-0.1, -0.05) is 0 Å². The number of carbonyl (C=O) groups excluding carboxylic acids is 1. The maximum Gasteiger partial charge on any atom is 0.337 e. The molecule has 0 saturated carbocycles. The smallest absolute Gasteiger partial charge is 0.337 e. The topological polar surface area (TPSA) is 82.5 Å². The molecule has 0 aliphatic rings. The minimum Gasteiger partial charge on any atom is -0.478 e. The molecular weight excluding hydrogens is 234 g/mol. The van der Waals surface area contributed by atoms with E-state index in [4.69, 9.17) is 5.11 Å². The van der Waals surface area contributed by atoms with Gasteiger partial charge in [0.25, 0.3) is 0 Å². The van der Waals surface area contributed by atoms with Crippen LogP contribution < -0.4 is 10.2 Å². The number of pyridine rings is 1. The standard InChI is InChI=1S/C12H17N3O3/c1-4-13-10(16)7-15(3)11-8(2)5-9(6-14-11)12(17)18/h5-6H,4,7H2,1-3H3,(H,13,16)(H,17,18). The zero-order valence-electron chi connectivity index (χ0n) is 10.7. The van der Waals surface area contributed by atoms with Crippen molar-refractivity contribution in [1.82, 2.24) is 10.3 Å². The second kappa shape index (κ2) is 6.00. The van der Waals surface area contributed by atoms with Crippen LogP contribution in [-0.2, 0) is 4.79 Å². The number of aromatic carboxylic acids is 1. The third-order valence-electron chi connectivity index (χ3n) is 2.41. The molecule has 1 rings (SSSR count). The fraction of sp³-hybridized carbons (Fsp3) is 0.417. The molecule has 2 N–H and O–H groups in total. The highest BCUT2D eigenvalue weighted by Gasteiger charge is 2.12. The molecule has 1 aromatic rings. The second-order valence-electron chi connectivity index (χ2n) is 3.98. The van der Waals surface area contributed by atoms with E-state index in [0.29, 0.717) is 12.4 Å². The summed E-state index contributed by atoms with van der Waals surface area (Å²) in [5, 5.41) is 11.5. The average Bonchev–Trinajstić information content (AvgIpc) is 2.28. The van der Waals surface area contributed by atoms with Gasteiger partial charge in [-0.05, 0) is 25.5 Å². The monoisotopic (exact) mass is 251 g/mol. The van der Waals surface area contributed by atoms with E-state index < -0.39 is 5.97 Å². The predicted molar refractivity (Wildman–Crippen MR) is 67.9 cm³/mol. The molecular formula is C12H17N3O3. The Balaban J connectivity index is 2.83. The number of amides is 1. The van der Waals surface area contributed by atoms with E-state index in [9.17, 15) is 9.59 Å². The molecule has 1 heterocycles. The molecule has 0 aromatic carbocycles. The van der Waals surface area contributed by atoms with Crippen LogP contribution in [0.25, 0.3) is 0 Å². The van der Waals surface area contributed by atoms with Crippen LogP contribution in [0.5, 0.6) is 0 Å². The van der Waals surface area contributed by atoms with Gasteiger partial charge in [0.1, 0.15) is 5.82 Å². The molecule has 0 aliphatic carbocycles. The molecule has 0 saturated heterocycles. The molecule has 1 amide bonds. The van der Waals surface area contributed by atoms with Gasteiger partial charge in [0.15, 0.2) is 0 Å². The summed E-state index contributed by atoms with van der Waals surface area (Å²) in [6.07, 6.45) is 1.29. The van der Waals surface area contributed by atoms with Crippen molar-refractivity contribution in [3.63, 3.8) is 0 Å². The SMILES string of the molecule is CCNC(=O)CN(C)c1ncc(C(=O)O)cc1C. The Bertz CT molecular complexity index is 460. The van der Waals surface area contributed by atoms with E-state index in [1.165, 1.54) is 6.20 Å². The lowest BCUT2D eigenvalue weighted by Gasteiger charge is -2.19. The van der Waals surface area contributed by atoms with E-state index in [1.54, 1.807) is 24.9 Å². The summed E-state index contributed by atoms with van der Waals surface area (Å²) < 4.78 is 0. The molecule has 18 heavy (non-hydrogen) atoms. The van der Waals surface area contributed by atoms with Crippen molar-refractivity contribution in [1.29, 1.82) is 0 Å². The molecule has 1 aromatic heterocycles. The van der Waals surface area contributed by atoms with Crippen molar-refractivity contribution >= 4 is 17.7 Å². The number of aryl methyl sites for hydroxylation is 1. The third-order valence-corrected chi connectivity index (χ3v) is 2.41. The van der Waals surface area contributed by atoms with Gasteiger partial charge in [0.05, 0.1) is 12.1 Å². The van der Waals surface area contributed by atoms with Crippen molar-refractivity contribution in [2.24, 2.45) is 0 Å². The minimum absolute atomic E-state index is 0.0940. The van der Waals surface area contributed by atoms with Gasteiger partial charge in [0, 0.05) is 19.8 Å². The summed E-state index contributed by atoms with van der Waals surface area (Å²) in [6, 6.07) is 1.54. The molecule has 6 nitrogen and oxygen atoms in total. The van der Waals surface area contributed by atoms with Gasteiger partial charge < -0.3 is 15.3 Å². The van der Waals surface area contributed by atoms with Crippen LogP contribution >= 0.6 is 0 Å². The Morgan fingerprint density at radius 3 is 2.67 bits per heavy atom. The lowest BCUT2D eigenvalue weighted by molar-refractivity contribution is -0.119. The minimum atomic E-state index is -1.01. The van der Waals surface area contributed by atoms with Gasteiger partial charge >= 0.3 is 5.97 Å². The molecule has 0 radical (unpaired) electrons. The van der Waals surface area contributed by atoms with Crippen LogP contribution in [0, 0.1) is 6.92 Å². The summed E-state index contributed by atoms with van der Waals surface area (Å²) in [5.41, 5.74) is 0.865. The molecule has 6 heteroatoms. The summed E-state index contributed by atoms with van der Waals surface area (Å²) >= 11 is 0. The molecule has 0 atom stereocenters. The predicted octanol–water partition coefficient (Wildman–Crippen LogP) is 0.661. The fourth-order valence-electron chi connectivity index (χ4n) is 1.63. The van der Waals surface area contributed by atoms with Crippen LogP contribution in [0.15, 0.2) is 12.3 Å². The van der Waals surface area contributed by atoms with E-state index in [1.807, 2.05) is 6.92 Å². The van der Waals surface area contributed by atoms with Gasteiger partial charge in [0.2, 0.25) is 5.91 Å². The summed E-state index contributed by atoms with van der Waals surface area (Å²) in [6.45, 7) is 4.39. The second-order valence-corrected chi connectivity index (χ2v) is 3.98. The summed E-state index contributed by atoms with van der Waals surface area (Å²) in [5.74, 6) is -0.502. The first-order valence-corrected chi connectivity index (χ1v) is 5.63. The van der Waals surface area contributed by atoms with Gasteiger partial charge in [-0.3, -0.25) is 4.79 Å². The Kier molecular flexibility index (Phi) is 4.65. The van der Waals surface area contributed by atoms with Crippen molar-refractivity contribution in [2.75, 3.05) is 25.0 Å². The van der Waals surface area contributed by atoms with Crippen molar-refractivity contribution in [3.8, 4) is 0 Å². The van der Waals surface area contributed by atoms with Gasteiger partial charge in [-0.25, -0.2) is 9.78 Å². The van der Waals surface area contributed by atoms with E-state index in [-0.39, 0.29) is 18.0 Å². The third kappa shape index (κ3) is 3.44. The number of carboxylic acids is 1. The number of carbonyl (C=O) groups is 2. The lowest BCUT2D eigenvalue weighted by Crippen LogP contribution is -2.35. The van der Waals surface area contributed by atoms with Crippen molar-refractivity contribution in [2.45, 2.75) is 13.8 Å². The maximum atomic E-state index is 11.4. The maximum absolute atomic E-state index is 11.4. The number of carboxylic acid groups (broad SMARTS) is 1. The molecule has 0 fully saturated rings. The highest BCUT2D eigenvalue weighted by atomic mass is 16.4. The normalized spacial score (nSPS) is 9.94. The first-order chi connectivity index (χ1) is 8.45. The first kappa shape index (κ1) is 14.0. The zero-order chi connectivity index (χ0) is 13.7. The Hall–Kier alpha value is -2.11. The quantitative estimate of drug-likeness (QED) is 0.803. The van der Waals surface area contributed by atoms with Crippen molar-refractivity contribution < 1.29 is 14.7 Å². The Morgan fingerprint density at radius 2 is 2.17 bits per heavy atom. The molecule has 0 aliphatic heterocycles. The number of aromatic nitrogens is 1. The Morgan fingerprint density at radius 1 is 1.50 bits per heavy atom. The zero-order valence-corrected chi connectivity index (χ0v) is 10.7. The molecule has 98 valence electrons. The highest BCUT2D eigenvalue weighted by molar-refractivity contribution is 5.88. The lowest BCUT2D eigenvalue weighted by atomic mass is 10.2. The van der Waals surface area contributed by atoms with Crippen LogP contribution in [0.1, 0.15) is 22.8 Å². The number of nitrogens with one attached hydrogen (secondary N) is 1. The van der Waals surface area contributed by atoms with E-state index in [2.05, 4.69) is 10.3 Å². The van der Waals surface area contributed by atoms with Crippen LogP contribution in [0.4, 0.5) is 5.82 Å². The van der Waals surface area contributed by atoms with Crippen LogP contribution in [0.2, 0.25) is 0 Å². The van der Waals surface area contributed by atoms with Gasteiger partial charge in [-0.2, -0.15) is 0 Å². The van der Waals surface area contributed by atoms with Gasteiger partial charge in [-0.15, -0.1) is 0 Å². The van der Waals surface area contributed by atoms with Crippen LogP contribution in [-0.4, -0.2) is 42.1 Å². The largest absolute Gasteiger partial charge is 0.478 e. The van der Waals surface area contributed by atoms with E-state index >= 15 is 0 Å². The molecule has 0 bridgehead atoms.